The second-order valence-electron chi connectivity index (χ2n) is 5.93. The van der Waals surface area contributed by atoms with Gasteiger partial charge in [-0.15, -0.1) is 0 Å². The molecule has 2 N–H and O–H groups in total. The summed E-state index contributed by atoms with van der Waals surface area (Å²) in [4.78, 5) is 0. The van der Waals surface area contributed by atoms with Crippen LogP contribution in [0.15, 0.2) is 18.2 Å². The minimum Gasteiger partial charge on any atom is -0.490 e. The summed E-state index contributed by atoms with van der Waals surface area (Å²) < 4.78 is 12.0. The highest BCUT2D eigenvalue weighted by molar-refractivity contribution is 5.43. The third-order valence-corrected chi connectivity index (χ3v) is 4.35. The van der Waals surface area contributed by atoms with Crippen LogP contribution in [0.2, 0.25) is 0 Å². The van der Waals surface area contributed by atoms with Crippen LogP contribution in [0.1, 0.15) is 51.5 Å². The summed E-state index contributed by atoms with van der Waals surface area (Å²) in [6.45, 7) is 5.60. The fraction of sp³-hybridized carbons (Fsp3) is 0.667. The monoisotopic (exact) mass is 291 g/mol. The standard InChI is InChI=1S/C18H29NO2/c1-3-14-6-5-7-16(12-14)21-17-9-8-15(10-11-19)13-18(17)20-4-2/h8-9,13-14,16H,3-7,10-12,19H2,1-2H3. The highest BCUT2D eigenvalue weighted by Gasteiger charge is 2.23. The lowest BCUT2D eigenvalue weighted by molar-refractivity contribution is 0.117. The van der Waals surface area contributed by atoms with Gasteiger partial charge in [-0.2, -0.15) is 0 Å². The molecule has 2 unspecified atom stereocenters. The molecule has 2 atom stereocenters. The van der Waals surface area contributed by atoms with E-state index in [0.717, 1.165) is 30.3 Å². The number of ether oxygens (including phenoxy) is 2. The molecule has 1 saturated carbocycles. The highest BCUT2D eigenvalue weighted by Crippen LogP contribution is 2.34. The third kappa shape index (κ3) is 4.63. The Morgan fingerprint density at radius 1 is 1.19 bits per heavy atom. The summed E-state index contributed by atoms with van der Waals surface area (Å²) in [5.74, 6) is 2.57. The molecule has 0 spiro atoms. The Labute approximate surface area is 128 Å². The maximum Gasteiger partial charge on any atom is 0.161 e. The molecule has 0 aliphatic heterocycles. The second-order valence-corrected chi connectivity index (χ2v) is 5.93. The molecule has 1 aromatic carbocycles. The fourth-order valence-corrected chi connectivity index (χ4v) is 3.14. The molecule has 3 nitrogen and oxygen atoms in total. The van der Waals surface area contributed by atoms with Crippen LogP contribution in [-0.2, 0) is 6.42 Å². The number of benzene rings is 1. The Kier molecular flexibility index (Phi) is 6.37. The van der Waals surface area contributed by atoms with E-state index in [1.807, 2.05) is 13.0 Å². The van der Waals surface area contributed by atoms with Crippen LogP contribution in [0.5, 0.6) is 11.5 Å². The van der Waals surface area contributed by atoms with E-state index in [9.17, 15) is 0 Å². The maximum atomic E-state index is 6.25. The van der Waals surface area contributed by atoms with Crippen LogP contribution in [-0.4, -0.2) is 19.3 Å². The molecule has 1 aliphatic rings. The van der Waals surface area contributed by atoms with Crippen LogP contribution in [0, 0.1) is 5.92 Å². The fourth-order valence-electron chi connectivity index (χ4n) is 3.14. The summed E-state index contributed by atoms with van der Waals surface area (Å²) in [5, 5.41) is 0. The Balaban J connectivity index is 2.07. The summed E-state index contributed by atoms with van der Waals surface area (Å²) in [6, 6.07) is 6.22. The summed E-state index contributed by atoms with van der Waals surface area (Å²) in [5.41, 5.74) is 6.84. The van der Waals surface area contributed by atoms with Crippen LogP contribution in [0.3, 0.4) is 0 Å². The molecule has 1 fully saturated rings. The van der Waals surface area contributed by atoms with E-state index in [4.69, 9.17) is 15.2 Å². The Bertz CT molecular complexity index is 433. The van der Waals surface area contributed by atoms with Crippen LogP contribution >= 0.6 is 0 Å². The zero-order valence-electron chi connectivity index (χ0n) is 13.4. The first-order valence-corrected chi connectivity index (χ1v) is 8.39. The van der Waals surface area contributed by atoms with E-state index in [0.29, 0.717) is 19.3 Å². The minimum absolute atomic E-state index is 0.336. The lowest BCUT2D eigenvalue weighted by Gasteiger charge is -2.29. The first kappa shape index (κ1) is 16.2. The summed E-state index contributed by atoms with van der Waals surface area (Å²) in [6.07, 6.45) is 7.43. The second kappa shape index (κ2) is 8.28. The van der Waals surface area contributed by atoms with Gasteiger partial charge in [0.15, 0.2) is 11.5 Å². The molecule has 2 rings (SSSR count). The molecule has 0 aromatic heterocycles. The van der Waals surface area contributed by atoms with Crippen molar-refractivity contribution >= 4 is 0 Å². The van der Waals surface area contributed by atoms with Gasteiger partial charge in [0.25, 0.3) is 0 Å². The zero-order valence-corrected chi connectivity index (χ0v) is 13.4. The molecular weight excluding hydrogens is 262 g/mol. The molecule has 3 heteroatoms. The molecular formula is C18H29NO2. The molecule has 0 radical (unpaired) electrons. The van der Waals surface area contributed by atoms with Crippen molar-refractivity contribution in [2.45, 2.75) is 58.5 Å². The third-order valence-electron chi connectivity index (χ3n) is 4.35. The van der Waals surface area contributed by atoms with Crippen molar-refractivity contribution in [2.24, 2.45) is 11.7 Å². The highest BCUT2D eigenvalue weighted by atomic mass is 16.5. The van der Waals surface area contributed by atoms with Gasteiger partial charge < -0.3 is 15.2 Å². The Hall–Kier alpha value is -1.22. The van der Waals surface area contributed by atoms with Crippen LogP contribution < -0.4 is 15.2 Å². The number of hydrogen-bond donors (Lipinski definition) is 1. The lowest BCUT2D eigenvalue weighted by Crippen LogP contribution is -2.25. The predicted octanol–water partition coefficient (Wildman–Crippen LogP) is 3.93. The number of rotatable bonds is 7. The van der Waals surface area contributed by atoms with Gasteiger partial charge in [0.2, 0.25) is 0 Å². The van der Waals surface area contributed by atoms with Gasteiger partial charge in [0.05, 0.1) is 12.7 Å². The van der Waals surface area contributed by atoms with Crippen molar-refractivity contribution in [2.75, 3.05) is 13.2 Å². The average molecular weight is 291 g/mol. The molecule has 0 saturated heterocycles. The zero-order chi connectivity index (χ0) is 15.1. The van der Waals surface area contributed by atoms with Gasteiger partial charge in [-0.25, -0.2) is 0 Å². The predicted molar refractivity (Wildman–Crippen MR) is 87.0 cm³/mol. The first-order chi connectivity index (χ1) is 10.3. The van der Waals surface area contributed by atoms with E-state index in [2.05, 4.69) is 19.1 Å². The van der Waals surface area contributed by atoms with Gasteiger partial charge >= 0.3 is 0 Å². The molecule has 1 aromatic rings. The normalized spacial score (nSPS) is 22.0. The molecule has 21 heavy (non-hydrogen) atoms. The van der Waals surface area contributed by atoms with Crippen molar-refractivity contribution < 1.29 is 9.47 Å². The lowest BCUT2D eigenvalue weighted by atomic mass is 9.85. The van der Waals surface area contributed by atoms with Crippen molar-refractivity contribution in [1.82, 2.24) is 0 Å². The van der Waals surface area contributed by atoms with E-state index in [1.54, 1.807) is 0 Å². The van der Waals surface area contributed by atoms with Gasteiger partial charge in [-0.3, -0.25) is 0 Å². The van der Waals surface area contributed by atoms with Gasteiger partial charge in [-0.1, -0.05) is 25.8 Å². The maximum absolute atomic E-state index is 6.25. The molecule has 118 valence electrons. The van der Waals surface area contributed by atoms with E-state index >= 15 is 0 Å². The molecule has 0 heterocycles. The molecule has 1 aliphatic carbocycles. The topological polar surface area (TPSA) is 44.5 Å². The summed E-state index contributed by atoms with van der Waals surface area (Å²) >= 11 is 0. The summed E-state index contributed by atoms with van der Waals surface area (Å²) in [7, 11) is 0. The van der Waals surface area contributed by atoms with E-state index < -0.39 is 0 Å². The Morgan fingerprint density at radius 3 is 2.76 bits per heavy atom. The van der Waals surface area contributed by atoms with Crippen molar-refractivity contribution in [1.29, 1.82) is 0 Å². The van der Waals surface area contributed by atoms with Gasteiger partial charge in [-0.05, 0) is 62.8 Å². The number of nitrogens with two attached hydrogens (primary N) is 1. The van der Waals surface area contributed by atoms with Crippen LogP contribution in [0.4, 0.5) is 0 Å². The largest absolute Gasteiger partial charge is 0.490 e. The average Bonchev–Trinajstić information content (AvgIpc) is 2.51. The smallest absolute Gasteiger partial charge is 0.161 e. The quantitative estimate of drug-likeness (QED) is 0.827. The van der Waals surface area contributed by atoms with Gasteiger partial charge in [0.1, 0.15) is 0 Å². The minimum atomic E-state index is 0.336. The van der Waals surface area contributed by atoms with E-state index in [1.165, 1.54) is 31.2 Å². The van der Waals surface area contributed by atoms with Gasteiger partial charge in [0, 0.05) is 0 Å². The first-order valence-electron chi connectivity index (χ1n) is 8.39. The molecule has 0 bridgehead atoms. The van der Waals surface area contributed by atoms with Crippen LogP contribution in [0.25, 0.3) is 0 Å². The van der Waals surface area contributed by atoms with Crippen molar-refractivity contribution in [3.8, 4) is 11.5 Å². The van der Waals surface area contributed by atoms with Crippen molar-refractivity contribution in [3.63, 3.8) is 0 Å². The Morgan fingerprint density at radius 2 is 2.05 bits per heavy atom. The SMILES string of the molecule is CCOc1cc(CCN)ccc1OC1CCCC(CC)C1. The van der Waals surface area contributed by atoms with E-state index in [-0.39, 0.29) is 0 Å². The molecule has 0 amide bonds. The van der Waals surface area contributed by atoms with Crippen molar-refractivity contribution in [3.05, 3.63) is 23.8 Å². The number of hydrogen-bond acceptors (Lipinski definition) is 3.